The van der Waals surface area contributed by atoms with Crippen molar-refractivity contribution < 1.29 is 28.8 Å². The number of aryl methyl sites for hydroxylation is 1. The lowest BCUT2D eigenvalue weighted by molar-refractivity contribution is -0.114. The maximum Gasteiger partial charge on any atom is 0.160 e. The summed E-state index contributed by atoms with van der Waals surface area (Å²) < 4.78 is 20.5. The largest absolute Gasteiger partial charge is 0.508 e. The fourth-order valence-corrected chi connectivity index (χ4v) is 2.58. The highest BCUT2D eigenvalue weighted by molar-refractivity contribution is 5.90. The van der Waals surface area contributed by atoms with E-state index in [1.54, 1.807) is 48.4 Å². The van der Waals surface area contributed by atoms with E-state index in [9.17, 15) is 9.90 Å². The molecule has 0 aliphatic rings. The zero-order valence-corrected chi connectivity index (χ0v) is 21.2. The second kappa shape index (κ2) is 17.7. The average molecular weight is 469 g/mol. The molecule has 0 spiro atoms. The number of aliphatic hydroxyl groups excluding tert-OH is 1. The molecule has 0 saturated carbocycles. The maximum atomic E-state index is 11.1. The summed E-state index contributed by atoms with van der Waals surface area (Å²) >= 11 is 0. The van der Waals surface area contributed by atoms with Gasteiger partial charge in [-0.25, -0.2) is 0 Å². The number of aliphatic hydroxyl groups is 1. The Kier molecular flexibility index (Phi) is 15.7. The van der Waals surface area contributed by atoms with E-state index < -0.39 is 0 Å². The molecule has 0 aliphatic heterocycles. The minimum absolute atomic E-state index is 0.0303. The standard InChI is InChI=1S/C16H20O4.C9H12O2.C3H4/c1-4-13(17)11-14(18)7-5-6-12-8-9-15(19-2)16(10-12)20-3;1-7-4-5-8(10-2)9(6-7)11-3;1-3-2/h5,7-11,18H,4,6H2,1-3H3;4-6H,1-3H3;1H,2H3/b7-5+,14-11-;;. The van der Waals surface area contributed by atoms with Crippen molar-refractivity contribution in [1.29, 1.82) is 0 Å². The number of methoxy groups -OCH3 is 4. The SMILES string of the molecule is C#CC.CCC(=O)/C=C(O)/C=C/Cc1ccc(OC)c(OC)c1.COc1ccc(C)cc1OC. The number of hydrogen-bond acceptors (Lipinski definition) is 6. The van der Waals surface area contributed by atoms with Gasteiger partial charge in [-0.1, -0.05) is 25.1 Å². The number of benzene rings is 2. The Morgan fingerprint density at radius 2 is 1.44 bits per heavy atom. The van der Waals surface area contributed by atoms with Crippen molar-refractivity contribution in [2.45, 2.75) is 33.6 Å². The second-order valence-electron chi connectivity index (χ2n) is 6.83. The Labute approximate surface area is 203 Å². The number of terminal acetylenes is 1. The van der Waals surface area contributed by atoms with Crippen LogP contribution >= 0.6 is 0 Å². The van der Waals surface area contributed by atoms with Crippen molar-refractivity contribution in [3.8, 4) is 35.3 Å². The predicted molar refractivity (Wildman–Crippen MR) is 137 cm³/mol. The van der Waals surface area contributed by atoms with Crippen molar-refractivity contribution in [1.82, 2.24) is 0 Å². The van der Waals surface area contributed by atoms with Gasteiger partial charge in [0.2, 0.25) is 0 Å². The molecule has 184 valence electrons. The number of rotatable bonds is 9. The molecule has 1 N–H and O–H groups in total. The molecule has 6 nitrogen and oxygen atoms in total. The van der Waals surface area contributed by atoms with Gasteiger partial charge in [-0.3, -0.25) is 4.79 Å². The van der Waals surface area contributed by atoms with Crippen molar-refractivity contribution in [3.63, 3.8) is 0 Å². The van der Waals surface area contributed by atoms with Gasteiger partial charge in [-0.15, -0.1) is 12.3 Å². The first kappa shape index (κ1) is 30.2. The topological polar surface area (TPSA) is 74.2 Å². The number of allylic oxidation sites excluding steroid dienone is 3. The molecule has 0 atom stereocenters. The van der Waals surface area contributed by atoms with E-state index in [0.29, 0.717) is 24.3 Å². The molecular formula is C28H36O6. The molecule has 0 fully saturated rings. The lowest BCUT2D eigenvalue weighted by atomic mass is 10.1. The van der Waals surface area contributed by atoms with E-state index in [2.05, 4.69) is 12.3 Å². The molecule has 0 saturated heterocycles. The summed E-state index contributed by atoms with van der Waals surface area (Å²) in [5, 5.41) is 9.52. The van der Waals surface area contributed by atoms with Crippen LogP contribution in [0.3, 0.4) is 0 Å². The molecular weight excluding hydrogens is 432 g/mol. The molecule has 0 amide bonds. The van der Waals surface area contributed by atoms with Gasteiger partial charge in [0.05, 0.1) is 28.4 Å². The van der Waals surface area contributed by atoms with E-state index in [1.807, 2.05) is 43.3 Å². The van der Waals surface area contributed by atoms with E-state index in [-0.39, 0.29) is 11.5 Å². The van der Waals surface area contributed by atoms with Crippen LogP contribution < -0.4 is 18.9 Å². The van der Waals surface area contributed by atoms with Crippen molar-refractivity contribution in [2.24, 2.45) is 0 Å². The Hall–Kier alpha value is -3.85. The zero-order chi connectivity index (χ0) is 25.9. The Morgan fingerprint density at radius 3 is 1.94 bits per heavy atom. The third-order valence-corrected chi connectivity index (χ3v) is 4.29. The van der Waals surface area contributed by atoms with Gasteiger partial charge in [0.25, 0.3) is 0 Å². The second-order valence-corrected chi connectivity index (χ2v) is 6.83. The van der Waals surface area contributed by atoms with Crippen LogP contribution in [0.1, 0.15) is 31.4 Å². The molecule has 0 aromatic heterocycles. The Bertz CT molecular complexity index is 983. The van der Waals surface area contributed by atoms with Gasteiger partial charge in [-0.2, -0.15) is 0 Å². The first-order chi connectivity index (χ1) is 16.3. The van der Waals surface area contributed by atoms with Gasteiger partial charge in [-0.05, 0) is 61.7 Å². The van der Waals surface area contributed by atoms with Crippen LogP contribution in [0.5, 0.6) is 23.0 Å². The van der Waals surface area contributed by atoms with Gasteiger partial charge in [0, 0.05) is 12.5 Å². The molecule has 0 heterocycles. The molecule has 2 aromatic rings. The molecule has 0 bridgehead atoms. The van der Waals surface area contributed by atoms with Crippen molar-refractivity contribution >= 4 is 5.78 Å². The van der Waals surface area contributed by atoms with Gasteiger partial charge >= 0.3 is 0 Å². The van der Waals surface area contributed by atoms with E-state index >= 15 is 0 Å². The van der Waals surface area contributed by atoms with E-state index in [4.69, 9.17) is 18.9 Å². The predicted octanol–water partition coefficient (Wildman–Crippen LogP) is 5.88. The van der Waals surface area contributed by atoms with Gasteiger partial charge < -0.3 is 24.1 Å². The third kappa shape index (κ3) is 11.7. The monoisotopic (exact) mass is 468 g/mol. The number of carbonyl (C=O) groups is 1. The Balaban J connectivity index is 0.000000651. The normalized spacial score (nSPS) is 10.1. The summed E-state index contributed by atoms with van der Waals surface area (Å²) in [6, 6.07) is 11.5. The summed E-state index contributed by atoms with van der Waals surface area (Å²) in [5.41, 5.74) is 2.19. The molecule has 0 unspecified atom stereocenters. The minimum Gasteiger partial charge on any atom is -0.508 e. The maximum absolute atomic E-state index is 11.1. The average Bonchev–Trinajstić information content (AvgIpc) is 2.84. The first-order valence-corrected chi connectivity index (χ1v) is 10.7. The molecule has 0 radical (unpaired) electrons. The van der Waals surface area contributed by atoms with Crippen LogP contribution in [0.15, 0.2) is 60.4 Å². The smallest absolute Gasteiger partial charge is 0.160 e. The van der Waals surface area contributed by atoms with Crippen molar-refractivity contribution in [3.05, 3.63) is 71.5 Å². The van der Waals surface area contributed by atoms with Crippen LogP contribution in [-0.2, 0) is 11.2 Å². The highest BCUT2D eigenvalue weighted by Crippen LogP contribution is 2.28. The number of ether oxygens (including phenoxy) is 4. The van der Waals surface area contributed by atoms with Crippen molar-refractivity contribution in [2.75, 3.05) is 28.4 Å². The summed E-state index contributed by atoms with van der Waals surface area (Å²) in [5.74, 6) is 5.03. The van der Waals surface area contributed by atoms with Crippen LogP contribution in [0, 0.1) is 19.3 Å². The van der Waals surface area contributed by atoms with Crippen LogP contribution in [0.4, 0.5) is 0 Å². The summed E-state index contributed by atoms with van der Waals surface area (Å²) in [6.07, 6.45) is 10.1. The lowest BCUT2D eigenvalue weighted by Gasteiger charge is -2.08. The quantitative estimate of drug-likeness (QED) is 0.215. The Morgan fingerprint density at radius 1 is 0.941 bits per heavy atom. The molecule has 2 aromatic carbocycles. The van der Waals surface area contributed by atoms with Crippen LogP contribution in [0.25, 0.3) is 0 Å². The number of ketones is 1. The van der Waals surface area contributed by atoms with Crippen LogP contribution in [-0.4, -0.2) is 39.3 Å². The van der Waals surface area contributed by atoms with Crippen LogP contribution in [0.2, 0.25) is 0 Å². The summed E-state index contributed by atoms with van der Waals surface area (Å²) in [4.78, 5) is 11.1. The highest BCUT2D eigenvalue weighted by Gasteiger charge is 2.03. The third-order valence-electron chi connectivity index (χ3n) is 4.29. The van der Waals surface area contributed by atoms with E-state index in [0.717, 1.165) is 17.1 Å². The fourth-order valence-electron chi connectivity index (χ4n) is 2.58. The highest BCUT2D eigenvalue weighted by atomic mass is 16.5. The van der Waals surface area contributed by atoms with E-state index in [1.165, 1.54) is 17.7 Å². The van der Waals surface area contributed by atoms with Gasteiger partial charge in [0.1, 0.15) is 5.76 Å². The first-order valence-electron chi connectivity index (χ1n) is 10.7. The fraction of sp³-hybridized carbons (Fsp3) is 0.321. The lowest BCUT2D eigenvalue weighted by Crippen LogP contribution is -1.92. The molecule has 0 aliphatic carbocycles. The minimum atomic E-state index is -0.0988. The molecule has 34 heavy (non-hydrogen) atoms. The molecule has 6 heteroatoms. The number of hydrogen-bond donors (Lipinski definition) is 1. The van der Waals surface area contributed by atoms with Gasteiger partial charge in [0.15, 0.2) is 28.8 Å². The summed E-state index contributed by atoms with van der Waals surface area (Å²) in [6.45, 7) is 5.42. The summed E-state index contributed by atoms with van der Waals surface area (Å²) in [7, 11) is 6.44. The molecule has 2 rings (SSSR count). The zero-order valence-electron chi connectivity index (χ0n) is 21.2. The number of carbonyl (C=O) groups excluding carboxylic acids is 1.